The maximum Gasteiger partial charge on any atom is 0.322 e. The van der Waals surface area contributed by atoms with Gasteiger partial charge in [0, 0.05) is 12.1 Å². The third kappa shape index (κ3) is 1.94. The topological polar surface area (TPSA) is 101 Å². The molecule has 88 valence electrons. The second-order valence-electron chi connectivity index (χ2n) is 3.69. The quantitative estimate of drug-likeness (QED) is 0.449. The highest BCUT2D eigenvalue weighted by Gasteiger charge is 2.32. The zero-order valence-electron chi connectivity index (χ0n) is 8.89. The number of amides is 3. The van der Waals surface area contributed by atoms with E-state index in [0.29, 0.717) is 11.1 Å². The molecule has 2 rings (SSSR count). The van der Waals surface area contributed by atoms with Crippen LogP contribution in [0.25, 0.3) is 0 Å². The molecule has 7 heteroatoms. The zero-order chi connectivity index (χ0) is 12.6. The predicted molar refractivity (Wildman–Crippen MR) is 57.2 cm³/mol. The van der Waals surface area contributed by atoms with Gasteiger partial charge in [-0.1, -0.05) is 0 Å². The number of carbonyl (C=O) groups excluding carboxylic acids is 2. The monoisotopic (exact) mass is 235 g/mol. The van der Waals surface area contributed by atoms with Crippen LogP contribution >= 0.6 is 0 Å². The number of rotatable bonds is 2. The van der Waals surface area contributed by atoms with Crippen LogP contribution in [0.15, 0.2) is 18.2 Å². The molecule has 0 spiro atoms. The number of hydrogen-bond acceptors (Lipinski definition) is 4. The summed E-state index contributed by atoms with van der Waals surface area (Å²) in [5.41, 5.74) is 1.09. The molecule has 1 aromatic carbocycles. The third-order valence-electron chi connectivity index (χ3n) is 2.55. The van der Waals surface area contributed by atoms with Gasteiger partial charge in [0.1, 0.15) is 6.04 Å². The zero-order valence-corrected chi connectivity index (χ0v) is 8.89. The first-order valence-electron chi connectivity index (χ1n) is 4.85. The van der Waals surface area contributed by atoms with Crippen molar-refractivity contribution < 1.29 is 14.5 Å². The van der Waals surface area contributed by atoms with Crippen LogP contribution in [0.1, 0.15) is 17.2 Å². The standard InChI is InChI=1S/C10H9N3O4/c1-5-4-6(13(16)17)2-3-7(5)8-9(14)12-10(15)11-8/h2-4,8H,1H3,(H2,11,12,14,15). The number of urea groups is 1. The molecule has 1 aliphatic rings. The van der Waals surface area contributed by atoms with Gasteiger partial charge in [0.05, 0.1) is 4.92 Å². The van der Waals surface area contributed by atoms with Crippen LogP contribution in [0.5, 0.6) is 0 Å². The second-order valence-corrected chi connectivity index (χ2v) is 3.69. The summed E-state index contributed by atoms with van der Waals surface area (Å²) in [5, 5.41) is 15.1. The van der Waals surface area contributed by atoms with Gasteiger partial charge in [0.25, 0.3) is 11.6 Å². The lowest BCUT2D eigenvalue weighted by atomic mass is 10.0. The number of nitro groups is 1. The minimum Gasteiger partial charge on any atom is -0.322 e. The Bertz CT molecular complexity index is 526. The van der Waals surface area contributed by atoms with Crippen LogP contribution in [0.2, 0.25) is 0 Å². The van der Waals surface area contributed by atoms with E-state index in [9.17, 15) is 19.7 Å². The van der Waals surface area contributed by atoms with Crippen LogP contribution in [-0.4, -0.2) is 16.9 Å². The van der Waals surface area contributed by atoms with Crippen molar-refractivity contribution in [2.45, 2.75) is 13.0 Å². The summed E-state index contributed by atoms with van der Waals surface area (Å²) in [6, 6.07) is 2.82. The van der Waals surface area contributed by atoms with Crippen LogP contribution < -0.4 is 10.6 Å². The van der Waals surface area contributed by atoms with Gasteiger partial charge in [0.2, 0.25) is 0 Å². The Labute approximate surface area is 96.0 Å². The number of benzene rings is 1. The molecule has 1 atom stereocenters. The van der Waals surface area contributed by atoms with Crippen molar-refractivity contribution in [1.82, 2.24) is 10.6 Å². The van der Waals surface area contributed by atoms with E-state index in [-0.39, 0.29) is 5.69 Å². The molecule has 0 aromatic heterocycles. The second kappa shape index (κ2) is 3.85. The van der Waals surface area contributed by atoms with Crippen molar-refractivity contribution in [3.8, 4) is 0 Å². The van der Waals surface area contributed by atoms with E-state index >= 15 is 0 Å². The molecule has 1 saturated heterocycles. The molecule has 0 bridgehead atoms. The number of hydrogen-bond donors (Lipinski definition) is 2. The average Bonchev–Trinajstić information content (AvgIpc) is 2.57. The highest BCUT2D eigenvalue weighted by molar-refractivity contribution is 6.04. The molecule has 3 amide bonds. The van der Waals surface area contributed by atoms with Crippen molar-refractivity contribution in [1.29, 1.82) is 0 Å². The molecule has 2 N–H and O–H groups in total. The van der Waals surface area contributed by atoms with Crippen molar-refractivity contribution in [3.05, 3.63) is 39.4 Å². The SMILES string of the molecule is Cc1cc([N+](=O)[O-])ccc1C1NC(=O)NC1=O. The molecular formula is C10H9N3O4. The fourth-order valence-corrected chi connectivity index (χ4v) is 1.73. The first kappa shape index (κ1) is 11.1. The number of imide groups is 1. The van der Waals surface area contributed by atoms with Gasteiger partial charge in [-0.3, -0.25) is 20.2 Å². The Kier molecular flexibility index (Phi) is 2.51. The van der Waals surface area contributed by atoms with E-state index in [4.69, 9.17) is 0 Å². The van der Waals surface area contributed by atoms with Gasteiger partial charge < -0.3 is 5.32 Å². The molecule has 0 saturated carbocycles. The van der Waals surface area contributed by atoms with Crippen LogP contribution in [-0.2, 0) is 4.79 Å². The van der Waals surface area contributed by atoms with Crippen molar-refractivity contribution in [3.63, 3.8) is 0 Å². The Balaban J connectivity index is 2.37. The lowest BCUT2D eigenvalue weighted by molar-refractivity contribution is -0.384. The molecular weight excluding hydrogens is 226 g/mol. The molecule has 7 nitrogen and oxygen atoms in total. The number of non-ortho nitro benzene ring substituents is 1. The Morgan fingerprint density at radius 1 is 1.35 bits per heavy atom. The van der Waals surface area contributed by atoms with E-state index in [1.165, 1.54) is 18.2 Å². The van der Waals surface area contributed by atoms with Gasteiger partial charge >= 0.3 is 6.03 Å². The first-order chi connectivity index (χ1) is 7.99. The van der Waals surface area contributed by atoms with E-state index < -0.39 is 22.9 Å². The predicted octanol–water partition coefficient (Wildman–Crippen LogP) is 0.784. The summed E-state index contributed by atoms with van der Waals surface area (Å²) >= 11 is 0. The number of nitrogens with one attached hydrogen (secondary N) is 2. The number of aryl methyl sites for hydroxylation is 1. The molecule has 1 unspecified atom stereocenters. The summed E-state index contributed by atoms with van der Waals surface area (Å²) in [6.07, 6.45) is 0. The van der Waals surface area contributed by atoms with Crippen molar-refractivity contribution >= 4 is 17.6 Å². The molecule has 0 aliphatic carbocycles. The highest BCUT2D eigenvalue weighted by Crippen LogP contribution is 2.24. The summed E-state index contributed by atoms with van der Waals surface area (Å²) in [4.78, 5) is 32.4. The average molecular weight is 235 g/mol. The third-order valence-corrected chi connectivity index (χ3v) is 2.55. The van der Waals surface area contributed by atoms with E-state index in [2.05, 4.69) is 10.6 Å². The summed E-state index contributed by atoms with van der Waals surface area (Å²) < 4.78 is 0. The molecule has 0 radical (unpaired) electrons. The number of carbonyl (C=O) groups is 2. The summed E-state index contributed by atoms with van der Waals surface area (Å²) in [7, 11) is 0. The van der Waals surface area contributed by atoms with Gasteiger partial charge in [-0.15, -0.1) is 0 Å². The molecule has 1 aromatic rings. The van der Waals surface area contributed by atoms with Crippen LogP contribution in [0.4, 0.5) is 10.5 Å². The Morgan fingerprint density at radius 2 is 2.06 bits per heavy atom. The maximum atomic E-state index is 11.4. The minimum atomic E-state index is -0.775. The molecule has 17 heavy (non-hydrogen) atoms. The lowest BCUT2D eigenvalue weighted by Crippen LogP contribution is -2.22. The Morgan fingerprint density at radius 3 is 2.53 bits per heavy atom. The lowest BCUT2D eigenvalue weighted by Gasteiger charge is -2.10. The Hall–Kier alpha value is -2.44. The fraction of sp³-hybridized carbons (Fsp3) is 0.200. The molecule has 1 heterocycles. The maximum absolute atomic E-state index is 11.4. The molecule has 1 aliphatic heterocycles. The summed E-state index contributed by atoms with van der Waals surface area (Å²) in [5.74, 6) is -0.452. The highest BCUT2D eigenvalue weighted by atomic mass is 16.6. The van der Waals surface area contributed by atoms with E-state index in [1.807, 2.05) is 0 Å². The van der Waals surface area contributed by atoms with Crippen LogP contribution in [0, 0.1) is 17.0 Å². The van der Waals surface area contributed by atoms with Crippen molar-refractivity contribution in [2.75, 3.05) is 0 Å². The van der Waals surface area contributed by atoms with E-state index in [0.717, 1.165) is 0 Å². The minimum absolute atomic E-state index is 0.0454. The van der Waals surface area contributed by atoms with Gasteiger partial charge in [-0.05, 0) is 24.1 Å². The van der Waals surface area contributed by atoms with Crippen molar-refractivity contribution in [2.24, 2.45) is 0 Å². The largest absolute Gasteiger partial charge is 0.322 e. The normalized spacial score (nSPS) is 18.8. The van der Waals surface area contributed by atoms with E-state index in [1.54, 1.807) is 6.92 Å². The summed E-state index contributed by atoms with van der Waals surface area (Å²) in [6.45, 7) is 1.65. The number of nitrogens with zero attached hydrogens (tertiary/aromatic N) is 1. The molecule has 1 fully saturated rings. The van der Waals surface area contributed by atoms with Gasteiger partial charge in [-0.2, -0.15) is 0 Å². The van der Waals surface area contributed by atoms with Gasteiger partial charge in [0.15, 0.2) is 0 Å². The fourth-order valence-electron chi connectivity index (χ4n) is 1.73. The van der Waals surface area contributed by atoms with Crippen LogP contribution in [0.3, 0.4) is 0 Å². The smallest absolute Gasteiger partial charge is 0.322 e. The van der Waals surface area contributed by atoms with Gasteiger partial charge in [-0.25, -0.2) is 4.79 Å². The number of nitro benzene ring substituents is 1. The first-order valence-corrected chi connectivity index (χ1v) is 4.85.